The van der Waals surface area contributed by atoms with E-state index < -0.39 is 39.6 Å². The predicted molar refractivity (Wildman–Crippen MR) is 135 cm³/mol. The molecule has 10 heteroatoms. The fourth-order valence-corrected chi connectivity index (χ4v) is 5.32. The second-order valence-corrected chi connectivity index (χ2v) is 11.4. The molecule has 0 aromatic heterocycles. The number of piperidine rings is 1. The van der Waals surface area contributed by atoms with Gasteiger partial charge in [-0.25, -0.2) is 13.2 Å². The van der Waals surface area contributed by atoms with Crippen molar-refractivity contribution in [3.05, 3.63) is 48.5 Å². The number of carbonyl (C=O) groups excluding carboxylic acids is 1. The lowest BCUT2D eigenvalue weighted by Gasteiger charge is -2.35. The van der Waals surface area contributed by atoms with Crippen LogP contribution >= 0.6 is 0 Å². The molecule has 2 N–H and O–H groups in total. The van der Waals surface area contributed by atoms with Crippen LogP contribution in [0.15, 0.2) is 53.4 Å². The molecule has 9 nitrogen and oxygen atoms in total. The molecule has 2 aromatic carbocycles. The van der Waals surface area contributed by atoms with Crippen molar-refractivity contribution in [1.82, 2.24) is 9.62 Å². The van der Waals surface area contributed by atoms with E-state index in [-0.39, 0.29) is 4.90 Å². The summed E-state index contributed by atoms with van der Waals surface area (Å²) in [5.41, 5.74) is 1.09. The van der Waals surface area contributed by atoms with Crippen LogP contribution in [0, 0.1) is 5.92 Å². The fraction of sp³-hybridized carbons (Fsp3) is 0.462. The van der Waals surface area contributed by atoms with Gasteiger partial charge in [0.15, 0.2) is 0 Å². The summed E-state index contributed by atoms with van der Waals surface area (Å²) in [6.45, 7) is 8.39. The highest BCUT2D eigenvalue weighted by Gasteiger charge is 2.36. The average molecular weight is 519 g/mol. The maximum absolute atomic E-state index is 13.0. The van der Waals surface area contributed by atoms with E-state index in [0.717, 1.165) is 16.9 Å². The average Bonchev–Trinajstić information content (AvgIpc) is 2.82. The summed E-state index contributed by atoms with van der Waals surface area (Å²) in [5, 5.41) is 9.77. The minimum atomic E-state index is -4.08. The SMILES string of the molecule is CCOc1ccc(-c2ccc(S(=O)(=O)N[C@@H](C(=O)O)C3CCN(C(=O)OC(C)(C)C)CC3)cc2)cc1. The highest BCUT2D eigenvalue weighted by atomic mass is 32.2. The third kappa shape index (κ3) is 7.20. The minimum Gasteiger partial charge on any atom is -0.494 e. The molecule has 0 saturated carbocycles. The monoisotopic (exact) mass is 518 g/mol. The van der Waals surface area contributed by atoms with Gasteiger partial charge in [0, 0.05) is 13.1 Å². The summed E-state index contributed by atoms with van der Waals surface area (Å²) >= 11 is 0. The zero-order valence-electron chi connectivity index (χ0n) is 21.1. The minimum absolute atomic E-state index is 0.0189. The summed E-state index contributed by atoms with van der Waals surface area (Å²) in [4.78, 5) is 25.8. The van der Waals surface area contributed by atoms with Crippen molar-refractivity contribution in [2.45, 2.75) is 57.1 Å². The Morgan fingerprint density at radius 3 is 2.03 bits per heavy atom. The van der Waals surface area contributed by atoms with Crippen molar-refractivity contribution in [2.75, 3.05) is 19.7 Å². The number of ether oxygens (including phenoxy) is 2. The van der Waals surface area contributed by atoms with Gasteiger partial charge in [-0.1, -0.05) is 24.3 Å². The van der Waals surface area contributed by atoms with Crippen LogP contribution in [0.3, 0.4) is 0 Å². The van der Waals surface area contributed by atoms with Crippen molar-refractivity contribution in [3.8, 4) is 16.9 Å². The Balaban J connectivity index is 1.66. The normalized spacial score (nSPS) is 15.8. The largest absolute Gasteiger partial charge is 0.494 e. The van der Waals surface area contributed by atoms with Gasteiger partial charge in [0.2, 0.25) is 10.0 Å². The van der Waals surface area contributed by atoms with Gasteiger partial charge in [0.05, 0.1) is 11.5 Å². The van der Waals surface area contributed by atoms with Crippen LogP contribution in [0.2, 0.25) is 0 Å². The first-order valence-corrected chi connectivity index (χ1v) is 13.4. The highest BCUT2D eigenvalue weighted by Crippen LogP contribution is 2.26. The van der Waals surface area contributed by atoms with E-state index in [2.05, 4.69) is 4.72 Å². The molecular weight excluding hydrogens is 484 g/mol. The first-order valence-electron chi connectivity index (χ1n) is 12.0. The topological polar surface area (TPSA) is 122 Å². The summed E-state index contributed by atoms with van der Waals surface area (Å²) in [6, 6.07) is 12.4. The third-order valence-electron chi connectivity index (χ3n) is 5.87. The maximum Gasteiger partial charge on any atom is 0.410 e. The molecule has 0 radical (unpaired) electrons. The van der Waals surface area contributed by atoms with Crippen LogP contribution in [-0.4, -0.2) is 61.8 Å². The van der Waals surface area contributed by atoms with Gasteiger partial charge in [-0.15, -0.1) is 0 Å². The third-order valence-corrected chi connectivity index (χ3v) is 7.33. The molecular formula is C26H34N2O7S. The van der Waals surface area contributed by atoms with Gasteiger partial charge in [-0.05, 0) is 81.8 Å². The lowest BCUT2D eigenvalue weighted by molar-refractivity contribution is -0.140. The zero-order valence-corrected chi connectivity index (χ0v) is 21.9. The van der Waals surface area contributed by atoms with Gasteiger partial charge in [-0.3, -0.25) is 4.79 Å². The van der Waals surface area contributed by atoms with E-state index in [9.17, 15) is 23.1 Å². The van der Waals surface area contributed by atoms with Crippen LogP contribution in [-0.2, 0) is 19.6 Å². The van der Waals surface area contributed by atoms with E-state index in [1.54, 1.807) is 32.9 Å². The predicted octanol–water partition coefficient (Wildman–Crippen LogP) is 4.13. The first kappa shape index (κ1) is 27.5. The van der Waals surface area contributed by atoms with Crippen LogP contribution in [0.5, 0.6) is 5.75 Å². The molecule has 3 rings (SSSR count). The van der Waals surface area contributed by atoms with E-state index in [4.69, 9.17) is 9.47 Å². The van der Waals surface area contributed by atoms with Crippen LogP contribution < -0.4 is 9.46 Å². The van der Waals surface area contributed by atoms with Crippen molar-refractivity contribution < 1.29 is 32.6 Å². The molecule has 0 bridgehead atoms. The standard InChI is InChI=1S/C26H34N2O7S/c1-5-34-21-10-6-18(7-11-21)19-8-12-22(13-9-19)36(32,33)27-23(24(29)30)20-14-16-28(17-15-20)25(31)35-26(2,3)4/h6-13,20,23,27H,5,14-17H2,1-4H3,(H,29,30)/t23-/m1/s1. The van der Waals surface area contributed by atoms with Crippen LogP contribution in [0.25, 0.3) is 11.1 Å². The van der Waals surface area contributed by atoms with Gasteiger partial charge in [-0.2, -0.15) is 4.72 Å². The van der Waals surface area contributed by atoms with E-state index in [0.29, 0.717) is 32.5 Å². The molecule has 1 aliphatic rings. The number of carboxylic acid groups (broad SMARTS) is 1. The van der Waals surface area contributed by atoms with Crippen LogP contribution in [0.1, 0.15) is 40.5 Å². The number of nitrogens with zero attached hydrogens (tertiary/aromatic N) is 1. The first-order chi connectivity index (χ1) is 16.9. The molecule has 1 amide bonds. The number of hydrogen-bond acceptors (Lipinski definition) is 6. The molecule has 0 unspecified atom stereocenters. The second kappa shape index (κ2) is 11.3. The van der Waals surface area contributed by atoms with Gasteiger partial charge < -0.3 is 19.5 Å². The quantitative estimate of drug-likeness (QED) is 0.539. The Bertz CT molecular complexity index is 1150. The number of amides is 1. The number of sulfonamides is 1. The fourth-order valence-electron chi connectivity index (χ4n) is 4.06. The van der Waals surface area contributed by atoms with E-state index >= 15 is 0 Å². The number of carbonyl (C=O) groups is 2. The van der Waals surface area contributed by atoms with Gasteiger partial charge in [0.25, 0.3) is 0 Å². The molecule has 1 saturated heterocycles. The summed E-state index contributed by atoms with van der Waals surface area (Å²) < 4.78 is 39.2. The highest BCUT2D eigenvalue weighted by molar-refractivity contribution is 7.89. The Hall–Kier alpha value is -3.11. The van der Waals surface area contributed by atoms with Crippen LogP contribution in [0.4, 0.5) is 4.79 Å². The van der Waals surface area contributed by atoms with Crippen molar-refractivity contribution in [3.63, 3.8) is 0 Å². The molecule has 2 aromatic rings. The summed E-state index contributed by atoms with van der Waals surface area (Å²) in [7, 11) is -4.08. The molecule has 0 aliphatic carbocycles. The molecule has 1 heterocycles. The number of benzene rings is 2. The Morgan fingerprint density at radius 2 is 1.56 bits per heavy atom. The molecule has 0 spiro atoms. The Morgan fingerprint density at radius 1 is 1.03 bits per heavy atom. The van der Waals surface area contributed by atoms with Crippen molar-refractivity contribution >= 4 is 22.1 Å². The molecule has 1 atom stereocenters. The Labute approximate surface area is 212 Å². The van der Waals surface area contributed by atoms with Crippen molar-refractivity contribution in [2.24, 2.45) is 5.92 Å². The summed E-state index contributed by atoms with van der Waals surface area (Å²) in [6.07, 6.45) is 0.228. The molecule has 36 heavy (non-hydrogen) atoms. The molecule has 196 valence electrons. The smallest absolute Gasteiger partial charge is 0.410 e. The number of rotatable bonds is 8. The Kier molecular flexibility index (Phi) is 8.63. The number of likely N-dealkylation sites (tertiary alicyclic amines) is 1. The number of nitrogens with one attached hydrogen (secondary N) is 1. The lowest BCUT2D eigenvalue weighted by Crippen LogP contribution is -2.50. The lowest BCUT2D eigenvalue weighted by atomic mass is 9.90. The molecule has 1 aliphatic heterocycles. The zero-order chi connectivity index (χ0) is 26.5. The number of carboxylic acids is 1. The van der Waals surface area contributed by atoms with Gasteiger partial charge >= 0.3 is 12.1 Å². The molecule has 1 fully saturated rings. The number of hydrogen-bond donors (Lipinski definition) is 2. The van der Waals surface area contributed by atoms with Crippen molar-refractivity contribution in [1.29, 1.82) is 0 Å². The maximum atomic E-state index is 13.0. The van der Waals surface area contributed by atoms with E-state index in [1.807, 2.05) is 31.2 Å². The van der Waals surface area contributed by atoms with E-state index in [1.165, 1.54) is 17.0 Å². The summed E-state index contributed by atoms with van der Waals surface area (Å²) in [5.74, 6) is -0.958. The second-order valence-electron chi connectivity index (χ2n) is 9.72. The number of aliphatic carboxylic acids is 1. The van der Waals surface area contributed by atoms with Gasteiger partial charge in [0.1, 0.15) is 17.4 Å².